The summed E-state index contributed by atoms with van der Waals surface area (Å²) in [4.78, 5) is 14.8. The first-order valence-electron chi connectivity index (χ1n) is 37.3. The number of aliphatic hydroxyl groups excluding tert-OH is 22. The molecule has 3 aromatic rings. The molecule has 118 heavy (non-hydrogen) atoms. The smallest absolute Gasteiger partial charge is 0.321 e. The van der Waals surface area contributed by atoms with Crippen molar-refractivity contribution in [3.63, 3.8) is 0 Å². The minimum absolute atomic E-state index is 0.255. The standard InChI is InChI=1S/C69H100N2O45S2/c1-23-10-12-24(13-11-23)118(97,98)100-22-35-61-45(86)53(94)69(108-35)114-59-33(20-77)104-65(49(90)41(59)82)111-56-30(17-74)105-66(50(91)42(56)83)115-60-34(21-99-37(78)14-70-117(95,96)36-9-5-6-25-26(36)7-4-8-27(25)71(2)3)107-68(52(93)44(60)85)113-58-32(19-76)103-64(48(89)40(58)81)110-55-29(16-73)101-62(46(87)38(55)79)109-54-28(15-72)102-63(47(88)39(54)80)112-57-31(18-75)106-67(116-61)51(92)43(57)84/h4-13,28-35,38-70,72-77,79-94H,14-22H2,1-3H3/t28-,29+,30-,31-,32+,33-,34+,35-,38-,39-,40-,41-,42-,43-,44-,45+,46-,47-,48-,49-,50-,51-,52-,53-,54-,55-,56-,57-,58-,59-,60-,61-,62-,63-,64-,65-,66-,67-,68-,69-/m1/s1. The van der Waals surface area contributed by atoms with Gasteiger partial charge in [-0.2, -0.15) is 13.1 Å². The number of nitrogens with zero attached hydrogens (tertiary/aromatic N) is 1. The van der Waals surface area contributed by atoms with E-state index in [-0.39, 0.29) is 10.3 Å². The van der Waals surface area contributed by atoms with E-state index < -0.39 is 336 Å². The molecule has 40 atom stereocenters. The Balaban J connectivity index is 0.834. The van der Waals surface area contributed by atoms with Crippen LogP contribution in [0.2, 0.25) is 0 Å². The first-order valence-corrected chi connectivity index (χ1v) is 40.2. The number of carbonyl (C=O) groups excluding carboxylic acids is 1. The predicted molar refractivity (Wildman–Crippen MR) is 376 cm³/mol. The lowest BCUT2D eigenvalue weighted by molar-refractivity contribution is -0.404. The van der Waals surface area contributed by atoms with E-state index >= 15 is 0 Å². The molecule has 0 saturated carbocycles. The van der Waals surface area contributed by atoms with Crippen molar-refractivity contribution in [3.8, 4) is 0 Å². The third kappa shape index (κ3) is 19.2. The van der Waals surface area contributed by atoms with Crippen LogP contribution in [0.4, 0.5) is 5.69 Å². The molecule has 0 unspecified atom stereocenters. The van der Waals surface area contributed by atoms with Gasteiger partial charge in [0.05, 0.1) is 56.0 Å². The number of aryl methyl sites for hydroxylation is 1. The first kappa shape index (κ1) is 92.7. The van der Waals surface area contributed by atoms with Gasteiger partial charge in [-0.25, -0.2) is 8.42 Å². The van der Waals surface area contributed by atoms with Crippen LogP contribution in [0.25, 0.3) is 10.8 Å². The normalized spacial score (nSPS) is 44.5. The third-order valence-corrected chi connectivity index (χ3v) is 24.4. The molecule has 33 rings (SSSR count). The molecule has 30 saturated heterocycles. The van der Waals surface area contributed by atoms with Crippen LogP contribution in [0.5, 0.6) is 0 Å². The zero-order chi connectivity index (χ0) is 85.6. The number of hydrogen-bond donors (Lipinski definition) is 23. The lowest BCUT2D eigenvalue weighted by Gasteiger charge is -2.50. The summed E-state index contributed by atoms with van der Waals surface area (Å²) in [5, 5.41) is 253. The van der Waals surface area contributed by atoms with Crippen LogP contribution < -0.4 is 9.62 Å². The molecule has 30 fully saturated rings. The number of ether oxygens (including phenoxy) is 17. The zero-order valence-corrected chi connectivity index (χ0v) is 64.4. The highest BCUT2D eigenvalue weighted by Crippen LogP contribution is 2.41. The van der Waals surface area contributed by atoms with Crippen LogP contribution in [-0.2, 0) is 110 Å². The second-order valence-electron chi connectivity index (χ2n) is 29.7. The maximum Gasteiger partial charge on any atom is 0.321 e. The topological polar surface area (TPSA) is 712 Å². The van der Waals surface area contributed by atoms with Crippen molar-refractivity contribution < 1.29 is 219 Å². The molecule has 668 valence electrons. The van der Waals surface area contributed by atoms with Crippen LogP contribution in [-0.4, -0.2) is 454 Å². The fourth-order valence-electron chi connectivity index (χ4n) is 15.2. The number of aliphatic hydroxyl groups is 22. The van der Waals surface area contributed by atoms with Gasteiger partial charge in [-0.1, -0.05) is 42.0 Å². The van der Waals surface area contributed by atoms with Crippen molar-refractivity contribution in [1.82, 2.24) is 4.72 Å². The quantitative estimate of drug-likeness (QED) is 0.0441. The van der Waals surface area contributed by atoms with Crippen LogP contribution in [0.1, 0.15) is 5.56 Å². The van der Waals surface area contributed by atoms with E-state index in [1.807, 2.05) is 0 Å². The van der Waals surface area contributed by atoms with Gasteiger partial charge in [0.2, 0.25) is 10.0 Å². The van der Waals surface area contributed by atoms with Crippen molar-refractivity contribution in [3.05, 3.63) is 66.2 Å². The summed E-state index contributed by atoms with van der Waals surface area (Å²) in [7, 11) is -5.90. The van der Waals surface area contributed by atoms with E-state index in [9.17, 15) is 134 Å². The summed E-state index contributed by atoms with van der Waals surface area (Å²) >= 11 is 0. The van der Waals surface area contributed by atoms with Crippen LogP contribution >= 0.6 is 0 Å². The van der Waals surface area contributed by atoms with E-state index in [4.69, 9.17) is 84.7 Å². The molecule has 0 radical (unpaired) electrons. The Morgan fingerprint density at radius 3 is 0.898 bits per heavy atom. The monoisotopic (exact) mass is 1740 g/mol. The molecule has 47 nitrogen and oxygen atoms in total. The molecule has 3 aromatic carbocycles. The molecular formula is C69H100N2O45S2. The van der Waals surface area contributed by atoms with Crippen molar-refractivity contribution in [1.29, 1.82) is 0 Å². The van der Waals surface area contributed by atoms with Crippen molar-refractivity contribution in [2.75, 3.05) is 78.4 Å². The Morgan fingerprint density at radius 2 is 0.610 bits per heavy atom. The summed E-state index contributed by atoms with van der Waals surface area (Å²) < 4.78 is 162. The van der Waals surface area contributed by atoms with E-state index in [1.54, 1.807) is 44.1 Å². The van der Waals surface area contributed by atoms with Gasteiger partial charge < -0.3 is 198 Å². The van der Waals surface area contributed by atoms with Crippen LogP contribution in [0, 0.1) is 6.92 Å². The number of carbonyl (C=O) groups is 1. The summed E-state index contributed by atoms with van der Waals surface area (Å²) in [6.45, 7) is -8.88. The van der Waals surface area contributed by atoms with Crippen molar-refractivity contribution in [2.45, 2.75) is 262 Å². The molecular weight excluding hydrogens is 1640 g/mol. The third-order valence-electron chi connectivity index (χ3n) is 21.7. The van der Waals surface area contributed by atoms with E-state index in [2.05, 4.69) is 4.72 Å². The summed E-state index contributed by atoms with van der Waals surface area (Å²) in [5.74, 6) is -1.35. The minimum Gasteiger partial charge on any atom is -0.462 e. The molecule has 23 N–H and O–H groups in total. The highest BCUT2D eigenvalue weighted by molar-refractivity contribution is 7.89. The Bertz CT molecular complexity index is 3990. The molecule has 0 aromatic heterocycles. The molecule has 0 aliphatic carbocycles. The van der Waals surface area contributed by atoms with Gasteiger partial charge in [0.15, 0.2) is 50.3 Å². The van der Waals surface area contributed by atoms with Crippen LogP contribution in [0.15, 0.2) is 70.5 Å². The van der Waals surface area contributed by atoms with Gasteiger partial charge >= 0.3 is 5.97 Å². The maximum atomic E-state index is 13.9. The van der Waals surface area contributed by atoms with Gasteiger partial charge in [0.25, 0.3) is 10.1 Å². The fourth-order valence-corrected chi connectivity index (χ4v) is 17.3. The second-order valence-corrected chi connectivity index (χ2v) is 33.0. The van der Waals surface area contributed by atoms with Gasteiger partial charge in [0, 0.05) is 30.6 Å². The fraction of sp³-hybridized carbons (Fsp3) is 0.754. The molecule has 49 heteroatoms. The lowest BCUT2D eigenvalue weighted by atomic mass is 9.94. The van der Waals surface area contributed by atoms with E-state index in [0.717, 1.165) is 12.1 Å². The SMILES string of the molecule is Cc1ccc(S(=O)(=O)OC[C@H]2O[C@@H]3O[C@H]4[C@H](O)[C@@H](O)[C@@H](O[C@H]5[C@H](O)[C@@H](O)[C@@H](O[C@H]6[C@H](O)[C@@H](O)[C@@H](O[C@H]7[C@H](O)[C@@H](O)[C@@H](O[C@H]8[C@H](O)[C@@H](O)[C@@H](O[C@H]9[C@H](O)[C@@H](O)[C@@H](O[C@H]%10[C@H](O)[C@@H](O)[C@@H](O[C@H]2[C@@H](O)[C@H]3O)O[C@@H]%10CO)O[C@@H]9CO)O[C@H]8CO)O[C@H]7CO)O[C@H]6COC(=O)CNS(=O)(=O)c2cccc3c(N(C)C)cccc23)O[C@@H]5CO)O[C@@H]4CO)cc1. The summed E-state index contributed by atoms with van der Waals surface area (Å²) in [6, 6.07) is 14.4. The largest absolute Gasteiger partial charge is 0.462 e. The maximum absolute atomic E-state index is 13.9. The second kappa shape index (κ2) is 38.9. The first-order chi connectivity index (χ1) is 56.0. The van der Waals surface area contributed by atoms with Gasteiger partial charge in [-0.3, -0.25) is 8.98 Å². The van der Waals surface area contributed by atoms with Crippen LogP contribution in [0.3, 0.4) is 0 Å². The zero-order valence-electron chi connectivity index (χ0n) is 62.7. The number of esters is 1. The number of anilines is 1. The van der Waals surface area contributed by atoms with Gasteiger partial charge in [-0.15, -0.1) is 0 Å². The predicted octanol–water partition coefficient (Wildman–Crippen LogP) is -13.9. The molecule has 30 aliphatic heterocycles. The summed E-state index contributed by atoms with van der Waals surface area (Å²) in [5.41, 5.74) is 1.26. The lowest BCUT2D eigenvalue weighted by Crippen LogP contribution is -2.69. The summed E-state index contributed by atoms with van der Waals surface area (Å²) in [6.07, 6.45) is -88.4. The van der Waals surface area contributed by atoms with Crippen molar-refractivity contribution in [2.24, 2.45) is 0 Å². The number of hydrogen-bond acceptors (Lipinski definition) is 46. The Kier molecular flexibility index (Phi) is 30.6. The van der Waals surface area contributed by atoms with Crippen molar-refractivity contribution >= 4 is 42.6 Å². The highest BCUT2D eigenvalue weighted by atomic mass is 32.2. The average Bonchev–Trinajstić information content (AvgIpc) is 0.808. The van der Waals surface area contributed by atoms with Gasteiger partial charge in [-0.05, 0) is 31.2 Å². The number of benzene rings is 3. The molecule has 30 heterocycles. The molecule has 0 spiro atoms. The number of sulfonamides is 1. The van der Waals surface area contributed by atoms with E-state index in [0.29, 0.717) is 16.6 Å². The van der Waals surface area contributed by atoms with E-state index in [1.165, 1.54) is 30.3 Å². The molecule has 16 bridgehead atoms. The minimum atomic E-state index is -4.80. The molecule has 0 amide bonds. The van der Waals surface area contributed by atoms with Gasteiger partial charge in [0.1, 0.15) is 208 Å². The molecule has 30 aliphatic rings. The Labute approximate surface area is 670 Å². The Hall–Kier alpha value is -4.51. The number of nitrogens with one attached hydrogen (secondary N) is 1. The number of rotatable bonds is 17. The Morgan fingerprint density at radius 1 is 0.347 bits per heavy atom. The average molecular weight is 1740 g/mol. The highest BCUT2D eigenvalue weighted by Gasteiger charge is 2.61. The number of fused-ring (bicyclic) bond motifs is 1.